The standard InChI is InChI=1S/C19H21F3N4O5/c1-8-6-25(5-4-24-8)15-12(20)13(23)11-14(17(15)31-18(21)22)26(9-2-3-9)7-10(16(11)27)30-19(28)29/h7-9,18,24H,2-6,23H2,1H3,(H,28,29). The molecule has 31 heavy (non-hydrogen) atoms. The van der Waals surface area contributed by atoms with Gasteiger partial charge >= 0.3 is 12.8 Å². The molecule has 1 saturated heterocycles. The lowest BCUT2D eigenvalue weighted by Gasteiger charge is -2.35. The summed E-state index contributed by atoms with van der Waals surface area (Å²) in [7, 11) is 0. The summed E-state index contributed by atoms with van der Waals surface area (Å²) in [5.74, 6) is -2.18. The van der Waals surface area contributed by atoms with Gasteiger partial charge in [0.1, 0.15) is 5.69 Å². The summed E-state index contributed by atoms with van der Waals surface area (Å²) in [6.07, 6.45) is 0.676. The zero-order valence-electron chi connectivity index (χ0n) is 16.5. The molecule has 0 spiro atoms. The summed E-state index contributed by atoms with van der Waals surface area (Å²) in [5.41, 5.74) is 4.02. The molecule has 168 valence electrons. The molecule has 2 fully saturated rings. The third-order valence-corrected chi connectivity index (χ3v) is 5.38. The van der Waals surface area contributed by atoms with Gasteiger partial charge in [0.2, 0.25) is 5.43 Å². The van der Waals surface area contributed by atoms with E-state index >= 15 is 4.39 Å². The molecule has 0 amide bonds. The molecule has 2 aromatic rings. The van der Waals surface area contributed by atoms with E-state index in [-0.39, 0.29) is 23.3 Å². The van der Waals surface area contributed by atoms with Gasteiger partial charge in [0.25, 0.3) is 0 Å². The third-order valence-electron chi connectivity index (χ3n) is 5.38. The van der Waals surface area contributed by atoms with Gasteiger partial charge in [-0.3, -0.25) is 4.79 Å². The number of nitrogen functional groups attached to an aromatic ring is 1. The van der Waals surface area contributed by atoms with Crippen LogP contribution in [0.4, 0.5) is 29.3 Å². The maximum atomic E-state index is 15.5. The highest BCUT2D eigenvalue weighted by atomic mass is 19.3. The van der Waals surface area contributed by atoms with E-state index < -0.39 is 46.6 Å². The second-order valence-corrected chi connectivity index (χ2v) is 7.64. The molecular formula is C19H21F3N4O5. The number of anilines is 2. The van der Waals surface area contributed by atoms with Crippen LogP contribution in [0, 0.1) is 5.82 Å². The molecule has 1 atom stereocenters. The quantitative estimate of drug-likeness (QED) is 0.478. The molecule has 9 nitrogen and oxygen atoms in total. The molecule has 0 bridgehead atoms. The van der Waals surface area contributed by atoms with Crippen LogP contribution in [-0.2, 0) is 0 Å². The highest BCUT2D eigenvalue weighted by Gasteiger charge is 2.34. The fourth-order valence-corrected chi connectivity index (χ4v) is 3.97. The summed E-state index contributed by atoms with van der Waals surface area (Å²) < 4.78 is 53.0. The minimum atomic E-state index is -3.29. The van der Waals surface area contributed by atoms with E-state index in [0.717, 1.165) is 6.20 Å². The molecule has 4 rings (SSSR count). The average molecular weight is 442 g/mol. The van der Waals surface area contributed by atoms with Crippen molar-refractivity contribution in [3.8, 4) is 11.5 Å². The van der Waals surface area contributed by atoms with Gasteiger partial charge in [-0.15, -0.1) is 0 Å². The maximum Gasteiger partial charge on any atom is 0.511 e. The number of benzene rings is 1. The zero-order chi connectivity index (χ0) is 22.4. The van der Waals surface area contributed by atoms with Gasteiger partial charge < -0.3 is 35.1 Å². The maximum absolute atomic E-state index is 15.5. The van der Waals surface area contributed by atoms with Crippen LogP contribution in [0.5, 0.6) is 11.5 Å². The van der Waals surface area contributed by atoms with Crippen LogP contribution >= 0.6 is 0 Å². The topological polar surface area (TPSA) is 119 Å². The monoisotopic (exact) mass is 442 g/mol. The third kappa shape index (κ3) is 3.82. The highest BCUT2D eigenvalue weighted by Crippen LogP contribution is 2.47. The smallest absolute Gasteiger partial charge is 0.449 e. The molecule has 12 heteroatoms. The molecule has 4 N–H and O–H groups in total. The largest absolute Gasteiger partial charge is 0.511 e. The number of carbonyl (C=O) groups is 1. The fraction of sp³-hybridized carbons (Fsp3) is 0.474. The first kappa shape index (κ1) is 21.1. The Bertz CT molecular complexity index is 1100. The second kappa shape index (κ2) is 7.84. The van der Waals surface area contributed by atoms with E-state index in [1.54, 1.807) is 4.90 Å². The van der Waals surface area contributed by atoms with Gasteiger partial charge in [-0.05, 0) is 19.8 Å². The Balaban J connectivity index is 2.07. The summed E-state index contributed by atoms with van der Waals surface area (Å²) in [6, 6.07) is -0.277. The second-order valence-electron chi connectivity index (χ2n) is 7.64. The predicted molar refractivity (Wildman–Crippen MR) is 106 cm³/mol. The Morgan fingerprint density at radius 2 is 2.10 bits per heavy atom. The minimum absolute atomic E-state index is 0.0542. The fourth-order valence-electron chi connectivity index (χ4n) is 3.97. The molecule has 0 radical (unpaired) electrons. The summed E-state index contributed by atoms with van der Waals surface area (Å²) >= 11 is 0. The lowest BCUT2D eigenvalue weighted by molar-refractivity contribution is -0.0488. The summed E-state index contributed by atoms with van der Waals surface area (Å²) in [4.78, 5) is 25.4. The number of carboxylic acid groups (broad SMARTS) is 1. The molecule has 2 heterocycles. The molecule has 1 aliphatic carbocycles. The number of aromatic nitrogens is 1. The summed E-state index contributed by atoms with van der Waals surface area (Å²) in [6.45, 7) is -0.344. The van der Waals surface area contributed by atoms with E-state index in [1.807, 2.05) is 6.92 Å². The normalized spacial score (nSPS) is 19.1. The number of hydrogen-bond donors (Lipinski definition) is 3. The molecular weight excluding hydrogens is 421 g/mol. The minimum Gasteiger partial charge on any atom is -0.449 e. The Hall–Kier alpha value is -3.15. The van der Waals surface area contributed by atoms with Gasteiger partial charge in [-0.25, -0.2) is 9.18 Å². The zero-order valence-corrected chi connectivity index (χ0v) is 16.5. The average Bonchev–Trinajstić information content (AvgIpc) is 3.52. The van der Waals surface area contributed by atoms with Gasteiger partial charge in [-0.1, -0.05) is 0 Å². The molecule has 2 aliphatic rings. The van der Waals surface area contributed by atoms with Crippen LogP contribution in [-0.4, -0.2) is 48.1 Å². The number of pyridine rings is 1. The number of ether oxygens (including phenoxy) is 2. The van der Waals surface area contributed by atoms with Crippen LogP contribution in [0.15, 0.2) is 11.0 Å². The number of halogens is 3. The van der Waals surface area contributed by atoms with Crippen molar-refractivity contribution in [1.82, 2.24) is 9.88 Å². The molecule has 1 unspecified atom stereocenters. The first-order chi connectivity index (χ1) is 14.7. The number of piperazine rings is 1. The van der Waals surface area contributed by atoms with E-state index in [1.165, 1.54) is 4.57 Å². The van der Waals surface area contributed by atoms with Crippen LogP contribution in [0.25, 0.3) is 10.9 Å². The van der Waals surface area contributed by atoms with E-state index in [2.05, 4.69) is 10.1 Å². The van der Waals surface area contributed by atoms with Crippen molar-refractivity contribution in [2.75, 3.05) is 30.3 Å². The molecule has 1 aromatic heterocycles. The van der Waals surface area contributed by atoms with Crippen molar-refractivity contribution in [1.29, 1.82) is 0 Å². The molecule has 1 saturated carbocycles. The Kier molecular flexibility index (Phi) is 5.33. The number of nitrogens with zero attached hydrogens (tertiary/aromatic N) is 2. The Morgan fingerprint density at radius 3 is 2.68 bits per heavy atom. The van der Waals surface area contributed by atoms with E-state index in [4.69, 9.17) is 15.6 Å². The Morgan fingerprint density at radius 1 is 1.39 bits per heavy atom. The molecule has 1 aliphatic heterocycles. The van der Waals surface area contributed by atoms with Crippen molar-refractivity contribution in [3.63, 3.8) is 0 Å². The number of nitrogens with two attached hydrogens (primary N) is 1. The number of hydrogen-bond acceptors (Lipinski definition) is 7. The van der Waals surface area contributed by atoms with Crippen molar-refractivity contribution in [3.05, 3.63) is 22.2 Å². The molecule has 1 aromatic carbocycles. The Labute approximate surface area is 174 Å². The van der Waals surface area contributed by atoms with Crippen molar-refractivity contribution in [2.24, 2.45) is 0 Å². The number of alkyl halides is 2. The number of fused-ring (bicyclic) bond motifs is 1. The van der Waals surface area contributed by atoms with Crippen LogP contribution in [0.2, 0.25) is 0 Å². The number of rotatable bonds is 5. The SMILES string of the molecule is CC1CN(c2c(F)c(N)c3c(=O)c(OC(=O)O)cn(C4CC4)c3c2OC(F)F)CCN1. The lowest BCUT2D eigenvalue weighted by Crippen LogP contribution is -2.49. The first-order valence-electron chi connectivity index (χ1n) is 9.72. The van der Waals surface area contributed by atoms with E-state index in [0.29, 0.717) is 32.5 Å². The van der Waals surface area contributed by atoms with Crippen molar-refractivity contribution in [2.45, 2.75) is 38.5 Å². The highest BCUT2D eigenvalue weighted by molar-refractivity contribution is 6.01. The van der Waals surface area contributed by atoms with Crippen LogP contribution < -0.4 is 30.9 Å². The van der Waals surface area contributed by atoms with Crippen molar-refractivity contribution >= 4 is 28.4 Å². The van der Waals surface area contributed by atoms with Crippen molar-refractivity contribution < 1.29 is 32.5 Å². The summed E-state index contributed by atoms with van der Waals surface area (Å²) in [5, 5.41) is 11.7. The van der Waals surface area contributed by atoms with Gasteiger partial charge in [0.05, 0.1) is 22.8 Å². The number of nitrogens with one attached hydrogen (secondary N) is 1. The lowest BCUT2D eigenvalue weighted by atomic mass is 10.1. The van der Waals surface area contributed by atoms with Crippen LogP contribution in [0.3, 0.4) is 0 Å². The van der Waals surface area contributed by atoms with E-state index in [9.17, 15) is 18.4 Å². The van der Waals surface area contributed by atoms with Crippen LogP contribution in [0.1, 0.15) is 25.8 Å². The first-order valence-corrected chi connectivity index (χ1v) is 9.72. The van der Waals surface area contributed by atoms with Gasteiger partial charge in [-0.2, -0.15) is 8.78 Å². The van der Waals surface area contributed by atoms with Gasteiger partial charge in [0.15, 0.2) is 17.3 Å². The van der Waals surface area contributed by atoms with Gasteiger partial charge in [0, 0.05) is 31.7 Å². The predicted octanol–water partition coefficient (Wildman–Crippen LogP) is 2.51.